The van der Waals surface area contributed by atoms with Crippen LogP contribution in [0, 0.1) is 0 Å². The smallest absolute Gasteiger partial charge is 0.344 e. The maximum Gasteiger partial charge on any atom is 0.344 e. The quantitative estimate of drug-likeness (QED) is 0.696. The van der Waals surface area contributed by atoms with Gasteiger partial charge < -0.3 is 10.0 Å². The molecule has 9 heteroatoms. The molecule has 2 N–H and O–H groups in total. The third-order valence-corrected chi connectivity index (χ3v) is 3.09. The van der Waals surface area contributed by atoms with E-state index in [2.05, 4.69) is 10.3 Å². The molecule has 1 atom stereocenters. The molecule has 2 bridgehead atoms. The summed E-state index contributed by atoms with van der Waals surface area (Å²) in [4.78, 5) is 23.6. The minimum atomic E-state index is -0.981. The maximum atomic E-state index is 11.6. The lowest BCUT2D eigenvalue weighted by molar-refractivity contribution is -0.136. The lowest BCUT2D eigenvalue weighted by Crippen LogP contribution is -2.31. The average molecular weight is 265 g/mol. The van der Waals surface area contributed by atoms with Crippen molar-refractivity contribution < 1.29 is 19.9 Å². The first kappa shape index (κ1) is 11.7. The zero-order valence-corrected chi connectivity index (χ0v) is 9.80. The highest BCUT2D eigenvalue weighted by Gasteiger charge is 2.39. The van der Waals surface area contributed by atoms with Crippen molar-refractivity contribution in [3.8, 4) is 0 Å². The van der Waals surface area contributed by atoms with Gasteiger partial charge in [-0.3, -0.25) is 10.0 Å². The van der Waals surface area contributed by atoms with E-state index in [1.54, 1.807) is 6.08 Å². The van der Waals surface area contributed by atoms with E-state index in [0.29, 0.717) is 29.5 Å². The highest BCUT2D eigenvalue weighted by atomic mass is 16.5. The molecule has 2 aliphatic rings. The SMILES string of the molecule is O=C(O)Cc1cn(C2=CC3CN(C2)C(=O)N3O)nn1. The van der Waals surface area contributed by atoms with Crippen LogP contribution in [0.25, 0.3) is 5.70 Å². The molecule has 100 valence electrons. The van der Waals surface area contributed by atoms with Gasteiger partial charge in [-0.05, 0) is 6.08 Å². The number of amides is 2. The van der Waals surface area contributed by atoms with E-state index < -0.39 is 18.0 Å². The number of hydroxylamine groups is 2. The Labute approximate surface area is 107 Å². The number of hydrogen-bond donors (Lipinski definition) is 2. The summed E-state index contributed by atoms with van der Waals surface area (Å²) < 4.78 is 1.43. The van der Waals surface area contributed by atoms with Gasteiger partial charge in [0.05, 0.1) is 36.6 Å². The number of hydrogen-bond acceptors (Lipinski definition) is 5. The molecule has 1 aromatic heterocycles. The minimum Gasteiger partial charge on any atom is -0.481 e. The molecule has 1 fully saturated rings. The van der Waals surface area contributed by atoms with Gasteiger partial charge in [-0.15, -0.1) is 5.10 Å². The number of carboxylic acid groups (broad SMARTS) is 1. The van der Waals surface area contributed by atoms with E-state index >= 15 is 0 Å². The van der Waals surface area contributed by atoms with Gasteiger partial charge in [-0.25, -0.2) is 9.48 Å². The molecular weight excluding hydrogens is 254 g/mol. The van der Waals surface area contributed by atoms with Crippen LogP contribution in [0.5, 0.6) is 0 Å². The van der Waals surface area contributed by atoms with Crippen LogP contribution in [0.3, 0.4) is 0 Å². The number of carbonyl (C=O) groups excluding carboxylic acids is 1. The van der Waals surface area contributed by atoms with Crippen LogP contribution in [0.2, 0.25) is 0 Å². The Kier molecular flexibility index (Phi) is 2.49. The van der Waals surface area contributed by atoms with Crippen molar-refractivity contribution >= 4 is 17.7 Å². The fourth-order valence-electron chi connectivity index (χ4n) is 2.22. The van der Waals surface area contributed by atoms with Crippen molar-refractivity contribution in [1.82, 2.24) is 25.0 Å². The summed E-state index contributed by atoms with van der Waals surface area (Å²) >= 11 is 0. The number of rotatable bonds is 3. The second kappa shape index (κ2) is 4.05. The summed E-state index contributed by atoms with van der Waals surface area (Å²) in [7, 11) is 0. The number of aliphatic carboxylic acids is 1. The van der Waals surface area contributed by atoms with Crippen LogP contribution in [-0.2, 0) is 11.2 Å². The Hall–Kier alpha value is -2.42. The fourth-order valence-corrected chi connectivity index (χ4v) is 2.22. The van der Waals surface area contributed by atoms with E-state index in [-0.39, 0.29) is 6.42 Å². The molecule has 0 aromatic carbocycles. The number of fused-ring (bicyclic) bond motifs is 2. The largest absolute Gasteiger partial charge is 0.481 e. The molecule has 2 aliphatic heterocycles. The molecule has 1 aromatic rings. The van der Waals surface area contributed by atoms with Crippen LogP contribution < -0.4 is 0 Å². The molecular formula is C10H11N5O4. The van der Waals surface area contributed by atoms with Crippen molar-refractivity contribution in [2.75, 3.05) is 13.1 Å². The van der Waals surface area contributed by atoms with E-state index in [1.807, 2.05) is 0 Å². The van der Waals surface area contributed by atoms with Crippen molar-refractivity contribution in [2.45, 2.75) is 12.5 Å². The summed E-state index contributed by atoms with van der Waals surface area (Å²) in [6.45, 7) is 0.748. The number of carboxylic acids is 1. The first-order chi connectivity index (χ1) is 9.04. The van der Waals surface area contributed by atoms with Gasteiger partial charge in [0, 0.05) is 6.54 Å². The predicted octanol–water partition coefficient (Wildman–Crippen LogP) is -0.745. The van der Waals surface area contributed by atoms with Crippen LogP contribution in [0.4, 0.5) is 4.79 Å². The number of carbonyl (C=O) groups is 2. The Morgan fingerprint density at radius 1 is 1.53 bits per heavy atom. The Bertz CT molecular complexity index is 580. The van der Waals surface area contributed by atoms with Crippen molar-refractivity contribution in [1.29, 1.82) is 0 Å². The van der Waals surface area contributed by atoms with Crippen molar-refractivity contribution in [3.63, 3.8) is 0 Å². The minimum absolute atomic E-state index is 0.203. The molecule has 0 aliphatic carbocycles. The lowest BCUT2D eigenvalue weighted by atomic mass is 10.2. The first-order valence-electron chi connectivity index (χ1n) is 5.65. The number of nitrogens with zero attached hydrogens (tertiary/aromatic N) is 5. The number of aromatic nitrogens is 3. The van der Waals surface area contributed by atoms with E-state index in [0.717, 1.165) is 0 Å². The number of urea groups is 1. The molecule has 3 rings (SSSR count). The van der Waals surface area contributed by atoms with Gasteiger partial charge in [0.15, 0.2) is 0 Å². The predicted molar refractivity (Wildman–Crippen MR) is 60.0 cm³/mol. The van der Waals surface area contributed by atoms with Crippen LogP contribution >= 0.6 is 0 Å². The second-order valence-corrected chi connectivity index (χ2v) is 4.46. The second-order valence-electron chi connectivity index (χ2n) is 4.46. The van der Waals surface area contributed by atoms with E-state index in [1.165, 1.54) is 15.8 Å². The highest BCUT2D eigenvalue weighted by molar-refractivity contribution is 5.79. The zero-order chi connectivity index (χ0) is 13.6. The Morgan fingerprint density at radius 3 is 3.00 bits per heavy atom. The van der Waals surface area contributed by atoms with Crippen LogP contribution in [0.15, 0.2) is 12.3 Å². The van der Waals surface area contributed by atoms with Gasteiger partial charge in [-0.2, -0.15) is 5.06 Å². The molecule has 0 saturated carbocycles. The molecule has 1 saturated heterocycles. The topological polar surface area (TPSA) is 112 Å². The van der Waals surface area contributed by atoms with Gasteiger partial charge in [0.2, 0.25) is 0 Å². The summed E-state index contributed by atoms with van der Waals surface area (Å²) in [6.07, 6.45) is 3.03. The van der Waals surface area contributed by atoms with Crippen molar-refractivity contribution in [3.05, 3.63) is 18.0 Å². The lowest BCUT2D eigenvalue weighted by Gasteiger charge is -2.20. The van der Waals surface area contributed by atoms with Gasteiger partial charge >= 0.3 is 12.0 Å². The Balaban J connectivity index is 1.84. The van der Waals surface area contributed by atoms with Crippen LogP contribution in [0.1, 0.15) is 5.69 Å². The molecule has 1 unspecified atom stereocenters. The Morgan fingerprint density at radius 2 is 2.32 bits per heavy atom. The molecule has 9 nitrogen and oxygen atoms in total. The normalized spacial score (nSPS) is 21.8. The fraction of sp³-hybridized carbons (Fsp3) is 0.400. The summed E-state index contributed by atoms with van der Waals surface area (Å²) in [5, 5.41) is 26.5. The molecule has 19 heavy (non-hydrogen) atoms. The standard InChI is InChI=1S/C10H11N5O4/c16-9(17)1-6-3-14(12-11-6)7-2-8-5-13(4-7)10(18)15(8)19/h2-3,8,19H,1,4-5H2,(H,16,17). The molecule has 2 amide bonds. The summed E-state index contributed by atoms with van der Waals surface area (Å²) in [6, 6.07) is -0.842. The van der Waals surface area contributed by atoms with Gasteiger partial charge in [0.1, 0.15) is 0 Å². The average Bonchev–Trinajstić information content (AvgIpc) is 2.90. The molecule has 0 radical (unpaired) electrons. The third-order valence-electron chi connectivity index (χ3n) is 3.09. The molecule has 0 spiro atoms. The zero-order valence-electron chi connectivity index (χ0n) is 9.80. The summed E-state index contributed by atoms with van der Waals surface area (Å²) in [5.74, 6) is -0.981. The van der Waals surface area contributed by atoms with E-state index in [4.69, 9.17) is 5.11 Å². The monoisotopic (exact) mass is 265 g/mol. The maximum absolute atomic E-state index is 11.6. The molecule has 3 heterocycles. The van der Waals surface area contributed by atoms with Gasteiger partial charge in [0.25, 0.3) is 0 Å². The summed E-state index contributed by atoms with van der Waals surface area (Å²) in [5.41, 5.74) is 1.03. The van der Waals surface area contributed by atoms with E-state index in [9.17, 15) is 14.8 Å². The highest BCUT2D eigenvalue weighted by Crippen LogP contribution is 2.24. The third kappa shape index (κ3) is 1.93. The van der Waals surface area contributed by atoms with Crippen LogP contribution in [-0.4, -0.2) is 66.4 Å². The van der Waals surface area contributed by atoms with Crippen molar-refractivity contribution in [2.24, 2.45) is 0 Å². The first-order valence-corrected chi connectivity index (χ1v) is 5.65. The van der Waals surface area contributed by atoms with Gasteiger partial charge in [-0.1, -0.05) is 5.21 Å².